The number of halogens is 2. The molecule has 1 aromatic carbocycles. The molecule has 2 aromatic rings. The number of aromatic nitrogens is 1. The monoisotopic (exact) mass is 260 g/mol. The van der Waals surface area contributed by atoms with Gasteiger partial charge in [-0.25, -0.2) is 13.8 Å². The summed E-state index contributed by atoms with van der Waals surface area (Å²) < 4.78 is 25.5. The molecule has 0 aliphatic rings. The van der Waals surface area contributed by atoms with Crippen molar-refractivity contribution in [2.24, 2.45) is 0 Å². The molecule has 0 atom stereocenters. The molecule has 0 unspecified atom stereocenters. The average Bonchev–Trinajstić information content (AvgIpc) is 2.39. The van der Waals surface area contributed by atoms with Gasteiger partial charge in [-0.3, -0.25) is 4.79 Å². The Morgan fingerprint density at radius 2 is 2.00 bits per heavy atom. The van der Waals surface area contributed by atoms with Crippen LogP contribution in [0.3, 0.4) is 0 Å². The van der Waals surface area contributed by atoms with Gasteiger partial charge in [0, 0.05) is 6.08 Å². The molecule has 5 heteroatoms. The molecule has 3 nitrogen and oxygen atoms in total. The van der Waals surface area contributed by atoms with Crippen LogP contribution in [0.15, 0.2) is 48.7 Å². The molecule has 2 rings (SSSR count). The number of benzene rings is 1. The highest BCUT2D eigenvalue weighted by molar-refractivity contribution is 6.01. The lowest BCUT2D eigenvalue weighted by atomic mass is 10.2. The number of carbonyl (C=O) groups excluding carboxylic acids is 1. The molecular weight excluding hydrogens is 250 g/mol. The zero-order valence-corrected chi connectivity index (χ0v) is 9.81. The molecule has 0 saturated heterocycles. The van der Waals surface area contributed by atoms with Crippen molar-refractivity contribution in [2.45, 2.75) is 0 Å². The molecule has 0 radical (unpaired) electrons. The van der Waals surface area contributed by atoms with E-state index in [0.717, 1.165) is 6.20 Å². The van der Waals surface area contributed by atoms with Crippen molar-refractivity contribution in [1.82, 2.24) is 4.98 Å². The third kappa shape index (κ3) is 3.99. The van der Waals surface area contributed by atoms with Crippen LogP contribution in [0.4, 0.5) is 14.6 Å². The van der Waals surface area contributed by atoms with Crippen LogP contribution in [0.5, 0.6) is 0 Å². The van der Waals surface area contributed by atoms with Gasteiger partial charge in [-0.2, -0.15) is 0 Å². The predicted molar refractivity (Wildman–Crippen MR) is 68.3 cm³/mol. The number of anilines is 1. The van der Waals surface area contributed by atoms with Crippen molar-refractivity contribution in [1.29, 1.82) is 0 Å². The van der Waals surface area contributed by atoms with Gasteiger partial charge in [0.15, 0.2) is 0 Å². The summed E-state index contributed by atoms with van der Waals surface area (Å²) >= 11 is 0. The van der Waals surface area contributed by atoms with Crippen LogP contribution < -0.4 is 5.32 Å². The minimum Gasteiger partial charge on any atom is -0.307 e. The highest BCUT2D eigenvalue weighted by atomic mass is 19.1. The largest absolute Gasteiger partial charge is 0.307 e. The first-order valence-corrected chi connectivity index (χ1v) is 5.50. The number of hydrogen-bond acceptors (Lipinski definition) is 2. The van der Waals surface area contributed by atoms with E-state index in [1.807, 2.05) is 0 Å². The fourth-order valence-corrected chi connectivity index (χ4v) is 1.40. The van der Waals surface area contributed by atoms with Crippen LogP contribution in [0.2, 0.25) is 0 Å². The molecule has 19 heavy (non-hydrogen) atoms. The van der Waals surface area contributed by atoms with Gasteiger partial charge in [-0.05, 0) is 35.9 Å². The number of nitrogens with zero attached hydrogens (tertiary/aromatic N) is 1. The Bertz CT molecular complexity index is 609. The molecular formula is C14H10F2N2O. The summed E-state index contributed by atoms with van der Waals surface area (Å²) in [6, 6.07) is 8.39. The van der Waals surface area contributed by atoms with Gasteiger partial charge >= 0.3 is 0 Å². The van der Waals surface area contributed by atoms with E-state index in [1.165, 1.54) is 36.4 Å². The zero-order chi connectivity index (χ0) is 13.7. The summed E-state index contributed by atoms with van der Waals surface area (Å²) in [5.41, 5.74) is 0.571. The van der Waals surface area contributed by atoms with Crippen LogP contribution in [-0.2, 0) is 4.79 Å². The summed E-state index contributed by atoms with van der Waals surface area (Å²) in [5, 5.41) is 2.46. The second-order valence-corrected chi connectivity index (χ2v) is 3.74. The summed E-state index contributed by atoms with van der Waals surface area (Å²) in [5.74, 6) is -1.03. The normalized spacial score (nSPS) is 10.6. The standard InChI is InChI=1S/C14H10F2N2O/c15-11-3-1-2-10(8-11)4-7-14(19)18-13-6-5-12(16)9-17-13/h1-9H,(H,17,18,19)/b7-4+. The van der Waals surface area contributed by atoms with E-state index in [4.69, 9.17) is 0 Å². The van der Waals surface area contributed by atoms with E-state index in [1.54, 1.807) is 12.1 Å². The molecule has 0 fully saturated rings. The second kappa shape index (κ2) is 5.86. The minimum absolute atomic E-state index is 0.246. The van der Waals surface area contributed by atoms with Gasteiger partial charge in [0.1, 0.15) is 17.5 Å². The van der Waals surface area contributed by atoms with Crippen molar-refractivity contribution in [3.05, 3.63) is 65.9 Å². The van der Waals surface area contributed by atoms with Gasteiger partial charge in [-0.1, -0.05) is 12.1 Å². The Hall–Kier alpha value is -2.56. The first-order valence-electron chi connectivity index (χ1n) is 5.50. The van der Waals surface area contributed by atoms with Crippen LogP contribution in [0.1, 0.15) is 5.56 Å². The van der Waals surface area contributed by atoms with Gasteiger partial charge < -0.3 is 5.32 Å². The molecule has 0 spiro atoms. The van der Waals surface area contributed by atoms with Crippen LogP contribution in [0, 0.1) is 11.6 Å². The lowest BCUT2D eigenvalue weighted by Crippen LogP contribution is -2.09. The second-order valence-electron chi connectivity index (χ2n) is 3.74. The van der Waals surface area contributed by atoms with E-state index in [-0.39, 0.29) is 11.6 Å². The quantitative estimate of drug-likeness (QED) is 0.862. The minimum atomic E-state index is -0.478. The number of amides is 1. The summed E-state index contributed by atoms with van der Waals surface area (Å²) in [6.07, 6.45) is 3.73. The lowest BCUT2D eigenvalue weighted by molar-refractivity contribution is -0.111. The first kappa shape index (κ1) is 12.9. The Kier molecular flexibility index (Phi) is 3.97. The SMILES string of the molecule is O=C(/C=C/c1cccc(F)c1)Nc1ccc(F)cn1. The fourth-order valence-electron chi connectivity index (χ4n) is 1.40. The molecule has 0 saturated carbocycles. The molecule has 96 valence electrons. The van der Waals surface area contributed by atoms with E-state index < -0.39 is 11.7 Å². The number of pyridine rings is 1. The third-order valence-electron chi connectivity index (χ3n) is 2.25. The van der Waals surface area contributed by atoms with Gasteiger partial charge in [-0.15, -0.1) is 0 Å². The summed E-state index contributed by atoms with van der Waals surface area (Å²) in [6.45, 7) is 0. The summed E-state index contributed by atoms with van der Waals surface area (Å²) in [7, 11) is 0. The van der Waals surface area contributed by atoms with Crippen LogP contribution >= 0.6 is 0 Å². The van der Waals surface area contributed by atoms with E-state index in [0.29, 0.717) is 5.56 Å². The van der Waals surface area contributed by atoms with Crippen molar-refractivity contribution >= 4 is 17.8 Å². The fraction of sp³-hybridized carbons (Fsp3) is 0. The van der Waals surface area contributed by atoms with Gasteiger partial charge in [0.05, 0.1) is 6.20 Å². The maximum absolute atomic E-state index is 12.9. The maximum Gasteiger partial charge on any atom is 0.249 e. The highest BCUT2D eigenvalue weighted by Gasteiger charge is 1.99. The van der Waals surface area contributed by atoms with Crippen molar-refractivity contribution < 1.29 is 13.6 Å². The number of hydrogen-bond donors (Lipinski definition) is 1. The first-order chi connectivity index (χ1) is 9.13. The molecule has 1 N–H and O–H groups in total. The third-order valence-corrected chi connectivity index (χ3v) is 2.25. The Balaban J connectivity index is 1.99. The van der Waals surface area contributed by atoms with Crippen molar-refractivity contribution in [3.8, 4) is 0 Å². The highest BCUT2D eigenvalue weighted by Crippen LogP contribution is 2.06. The van der Waals surface area contributed by atoms with Gasteiger partial charge in [0.25, 0.3) is 0 Å². The van der Waals surface area contributed by atoms with Crippen LogP contribution in [-0.4, -0.2) is 10.9 Å². The topological polar surface area (TPSA) is 42.0 Å². The average molecular weight is 260 g/mol. The number of carbonyl (C=O) groups is 1. The molecule has 1 heterocycles. The lowest BCUT2D eigenvalue weighted by Gasteiger charge is -2.00. The summed E-state index contributed by atoms with van der Waals surface area (Å²) in [4.78, 5) is 15.2. The molecule has 0 aliphatic carbocycles. The molecule has 1 aromatic heterocycles. The Morgan fingerprint density at radius 1 is 1.16 bits per heavy atom. The zero-order valence-electron chi connectivity index (χ0n) is 9.81. The number of nitrogens with one attached hydrogen (secondary N) is 1. The Labute approximate surface area is 108 Å². The van der Waals surface area contributed by atoms with Gasteiger partial charge in [0.2, 0.25) is 5.91 Å². The molecule has 0 bridgehead atoms. The van der Waals surface area contributed by atoms with Crippen molar-refractivity contribution in [2.75, 3.05) is 5.32 Å². The number of rotatable bonds is 3. The van der Waals surface area contributed by atoms with E-state index in [2.05, 4.69) is 10.3 Å². The Morgan fingerprint density at radius 3 is 2.68 bits per heavy atom. The van der Waals surface area contributed by atoms with Crippen molar-refractivity contribution in [3.63, 3.8) is 0 Å². The molecule has 1 amide bonds. The smallest absolute Gasteiger partial charge is 0.249 e. The maximum atomic E-state index is 12.9. The predicted octanol–water partition coefficient (Wildman–Crippen LogP) is 3.01. The molecule has 0 aliphatic heterocycles. The van der Waals surface area contributed by atoms with E-state index in [9.17, 15) is 13.6 Å². The van der Waals surface area contributed by atoms with Crippen LogP contribution in [0.25, 0.3) is 6.08 Å². The van der Waals surface area contributed by atoms with E-state index >= 15 is 0 Å².